The van der Waals surface area contributed by atoms with Gasteiger partial charge in [0.1, 0.15) is 0 Å². The van der Waals surface area contributed by atoms with Crippen LogP contribution in [0.3, 0.4) is 0 Å². The van der Waals surface area contributed by atoms with Gasteiger partial charge in [-0.05, 0) is 17.7 Å². The third-order valence-corrected chi connectivity index (χ3v) is 3.75. The lowest BCUT2D eigenvalue weighted by molar-refractivity contribution is 0.0697. The zero-order valence-electron chi connectivity index (χ0n) is 10.6. The molecule has 106 valence electrons. The molecule has 0 saturated heterocycles. The first-order valence-electron chi connectivity index (χ1n) is 5.97. The van der Waals surface area contributed by atoms with E-state index >= 15 is 0 Å². The Morgan fingerprint density at radius 3 is 2.86 bits per heavy atom. The summed E-state index contributed by atoms with van der Waals surface area (Å²) in [7, 11) is 0. The average molecular weight is 349 g/mol. The Bertz CT molecular complexity index is 900. The highest BCUT2D eigenvalue weighted by molar-refractivity contribution is 9.10. The van der Waals surface area contributed by atoms with E-state index in [9.17, 15) is 9.59 Å². The monoisotopic (exact) mass is 348 g/mol. The minimum Gasteiger partial charge on any atom is -0.478 e. The number of fused-ring (bicyclic) bond motifs is 1. The normalized spacial score (nSPS) is 10.9. The Hall–Kier alpha value is -2.48. The number of carboxylic acid groups (broad SMARTS) is 1. The molecule has 0 aliphatic carbocycles. The number of rotatable bonds is 3. The van der Waals surface area contributed by atoms with Crippen molar-refractivity contribution < 1.29 is 9.90 Å². The highest BCUT2D eigenvalue weighted by Crippen LogP contribution is 2.19. The molecule has 0 atom stereocenters. The van der Waals surface area contributed by atoms with E-state index in [1.165, 1.54) is 33.6 Å². The SMILES string of the molecule is O=C(O)c1ccc(Cn2nc3cnccn3c2=O)c(Br)c1. The first-order chi connectivity index (χ1) is 10.1. The van der Waals surface area contributed by atoms with Gasteiger partial charge in [-0.2, -0.15) is 0 Å². The molecule has 0 saturated carbocycles. The van der Waals surface area contributed by atoms with Gasteiger partial charge >= 0.3 is 11.7 Å². The van der Waals surface area contributed by atoms with Crippen molar-refractivity contribution in [3.05, 3.63) is 62.9 Å². The molecule has 0 unspecified atom stereocenters. The number of aromatic carboxylic acids is 1. The second kappa shape index (κ2) is 5.13. The van der Waals surface area contributed by atoms with Gasteiger partial charge in [0.15, 0.2) is 5.65 Å². The zero-order chi connectivity index (χ0) is 15.0. The number of halogens is 1. The van der Waals surface area contributed by atoms with Crippen LogP contribution in [0.1, 0.15) is 15.9 Å². The molecule has 8 heteroatoms. The molecule has 0 radical (unpaired) electrons. The number of nitrogens with zero attached hydrogens (tertiary/aromatic N) is 4. The van der Waals surface area contributed by atoms with Crippen LogP contribution >= 0.6 is 15.9 Å². The van der Waals surface area contributed by atoms with E-state index in [-0.39, 0.29) is 17.8 Å². The molecule has 0 bridgehead atoms. The Balaban J connectivity index is 2.01. The van der Waals surface area contributed by atoms with Crippen molar-refractivity contribution in [1.29, 1.82) is 0 Å². The number of aromatic nitrogens is 4. The Morgan fingerprint density at radius 1 is 1.38 bits per heavy atom. The largest absolute Gasteiger partial charge is 0.478 e. The Morgan fingerprint density at radius 2 is 2.19 bits per heavy atom. The average Bonchev–Trinajstić information content (AvgIpc) is 2.78. The van der Waals surface area contributed by atoms with E-state index < -0.39 is 5.97 Å². The van der Waals surface area contributed by atoms with Crippen molar-refractivity contribution in [2.24, 2.45) is 0 Å². The van der Waals surface area contributed by atoms with Crippen LogP contribution in [0, 0.1) is 0 Å². The fraction of sp³-hybridized carbons (Fsp3) is 0.0769. The van der Waals surface area contributed by atoms with Crippen molar-refractivity contribution in [3.8, 4) is 0 Å². The van der Waals surface area contributed by atoms with E-state index in [0.29, 0.717) is 10.1 Å². The second-order valence-corrected chi connectivity index (χ2v) is 5.21. The standard InChI is InChI=1S/C13H9BrN4O3/c14-10-5-8(12(19)20)1-2-9(10)7-18-13(21)17-4-3-15-6-11(17)16-18/h1-6H,7H2,(H,19,20). The van der Waals surface area contributed by atoms with Gasteiger partial charge in [0, 0.05) is 16.9 Å². The summed E-state index contributed by atoms with van der Waals surface area (Å²) < 4.78 is 3.31. The molecule has 0 fully saturated rings. The fourth-order valence-corrected chi connectivity index (χ4v) is 2.46. The summed E-state index contributed by atoms with van der Waals surface area (Å²) in [6.45, 7) is 0.237. The van der Waals surface area contributed by atoms with Crippen LogP contribution in [-0.2, 0) is 6.54 Å². The summed E-state index contributed by atoms with van der Waals surface area (Å²) >= 11 is 3.32. The van der Waals surface area contributed by atoms with Crippen LogP contribution in [0.2, 0.25) is 0 Å². The van der Waals surface area contributed by atoms with Gasteiger partial charge in [-0.25, -0.2) is 18.7 Å². The van der Waals surface area contributed by atoms with Crippen molar-refractivity contribution >= 4 is 27.5 Å². The molecule has 1 aromatic carbocycles. The van der Waals surface area contributed by atoms with E-state index in [0.717, 1.165) is 5.56 Å². The van der Waals surface area contributed by atoms with E-state index in [1.807, 2.05) is 0 Å². The third-order valence-electron chi connectivity index (χ3n) is 3.01. The maximum atomic E-state index is 12.1. The maximum absolute atomic E-state index is 12.1. The lowest BCUT2D eigenvalue weighted by Crippen LogP contribution is -2.21. The van der Waals surface area contributed by atoms with Crippen LogP contribution in [0.25, 0.3) is 5.65 Å². The minimum absolute atomic E-state index is 0.178. The quantitative estimate of drug-likeness (QED) is 0.772. The molecular weight excluding hydrogens is 340 g/mol. The van der Waals surface area contributed by atoms with E-state index in [4.69, 9.17) is 5.11 Å². The first kappa shape index (κ1) is 13.5. The summed E-state index contributed by atoms with van der Waals surface area (Å²) in [5.41, 5.74) is 1.12. The molecule has 2 aromatic heterocycles. The second-order valence-electron chi connectivity index (χ2n) is 4.36. The van der Waals surface area contributed by atoms with Crippen LogP contribution in [0.15, 0.2) is 46.1 Å². The topological polar surface area (TPSA) is 89.5 Å². The molecule has 3 rings (SSSR count). The fourth-order valence-electron chi connectivity index (χ4n) is 1.95. The highest BCUT2D eigenvalue weighted by atomic mass is 79.9. The van der Waals surface area contributed by atoms with Gasteiger partial charge in [-0.15, -0.1) is 5.10 Å². The van der Waals surface area contributed by atoms with E-state index in [2.05, 4.69) is 26.0 Å². The number of benzene rings is 1. The van der Waals surface area contributed by atoms with Crippen LogP contribution in [-0.4, -0.2) is 30.2 Å². The van der Waals surface area contributed by atoms with Crippen molar-refractivity contribution in [1.82, 2.24) is 19.2 Å². The predicted molar refractivity (Wildman–Crippen MR) is 77.5 cm³/mol. The Kier molecular flexibility index (Phi) is 3.30. The minimum atomic E-state index is -1.00. The molecule has 1 N–H and O–H groups in total. The van der Waals surface area contributed by atoms with Gasteiger partial charge in [0.2, 0.25) is 0 Å². The van der Waals surface area contributed by atoms with E-state index in [1.54, 1.807) is 12.3 Å². The predicted octanol–water partition coefficient (Wildman–Crippen LogP) is 1.40. The molecule has 2 heterocycles. The molecule has 0 aliphatic rings. The van der Waals surface area contributed by atoms with Crippen LogP contribution in [0.5, 0.6) is 0 Å². The number of carboxylic acids is 1. The van der Waals surface area contributed by atoms with Crippen LogP contribution in [0.4, 0.5) is 0 Å². The molecule has 7 nitrogen and oxygen atoms in total. The summed E-state index contributed by atoms with van der Waals surface area (Å²) in [5.74, 6) is -1.00. The van der Waals surface area contributed by atoms with Crippen molar-refractivity contribution in [2.75, 3.05) is 0 Å². The molecule has 0 aliphatic heterocycles. The van der Waals surface area contributed by atoms with Crippen LogP contribution < -0.4 is 5.69 Å². The summed E-state index contributed by atoms with van der Waals surface area (Å²) in [5, 5.41) is 13.1. The van der Waals surface area contributed by atoms with Gasteiger partial charge in [0.25, 0.3) is 0 Å². The summed E-state index contributed by atoms with van der Waals surface area (Å²) in [4.78, 5) is 27.0. The molecular formula is C13H9BrN4O3. The number of hydrogen-bond acceptors (Lipinski definition) is 4. The van der Waals surface area contributed by atoms with Gasteiger partial charge < -0.3 is 5.11 Å². The lowest BCUT2D eigenvalue weighted by Gasteiger charge is -2.04. The smallest absolute Gasteiger partial charge is 0.350 e. The van der Waals surface area contributed by atoms with Gasteiger partial charge in [0.05, 0.1) is 18.3 Å². The zero-order valence-corrected chi connectivity index (χ0v) is 12.2. The van der Waals surface area contributed by atoms with Crippen molar-refractivity contribution in [2.45, 2.75) is 6.54 Å². The molecule has 0 spiro atoms. The Labute approximate surface area is 126 Å². The lowest BCUT2D eigenvalue weighted by atomic mass is 10.1. The number of carbonyl (C=O) groups is 1. The molecule has 0 amide bonds. The van der Waals surface area contributed by atoms with Gasteiger partial charge in [-0.1, -0.05) is 22.0 Å². The summed E-state index contributed by atoms with van der Waals surface area (Å²) in [6.07, 6.45) is 4.56. The molecule has 3 aromatic rings. The highest BCUT2D eigenvalue weighted by Gasteiger charge is 2.11. The van der Waals surface area contributed by atoms with Gasteiger partial charge in [-0.3, -0.25) is 4.98 Å². The summed E-state index contributed by atoms with van der Waals surface area (Å²) in [6, 6.07) is 4.65. The first-order valence-corrected chi connectivity index (χ1v) is 6.76. The number of hydrogen-bond donors (Lipinski definition) is 1. The maximum Gasteiger partial charge on any atom is 0.350 e. The van der Waals surface area contributed by atoms with Crippen molar-refractivity contribution in [3.63, 3.8) is 0 Å². The molecule has 21 heavy (non-hydrogen) atoms. The third kappa shape index (κ3) is 2.45.